The van der Waals surface area contributed by atoms with Gasteiger partial charge in [-0.1, -0.05) is 25.1 Å². The van der Waals surface area contributed by atoms with E-state index in [9.17, 15) is 19.5 Å². The van der Waals surface area contributed by atoms with E-state index in [1.54, 1.807) is 49.9 Å². The molecule has 0 radical (unpaired) electrons. The lowest BCUT2D eigenvalue weighted by atomic mass is 9.90. The Hall–Kier alpha value is -4.41. The van der Waals surface area contributed by atoms with E-state index in [1.807, 2.05) is 38.1 Å². The first kappa shape index (κ1) is 27.6. The van der Waals surface area contributed by atoms with Gasteiger partial charge in [-0.3, -0.25) is 9.69 Å². The Labute approximate surface area is 226 Å². The van der Waals surface area contributed by atoms with E-state index < -0.39 is 23.8 Å². The van der Waals surface area contributed by atoms with Crippen molar-refractivity contribution in [3.63, 3.8) is 0 Å². The van der Waals surface area contributed by atoms with Crippen molar-refractivity contribution in [2.45, 2.75) is 71.7 Å². The molecule has 3 amide bonds. The molecular weight excluding hydrogens is 502 g/mol. The quantitative estimate of drug-likeness (QED) is 0.421. The number of anilines is 2. The van der Waals surface area contributed by atoms with Gasteiger partial charge in [0.25, 0.3) is 0 Å². The Kier molecular flexibility index (Phi) is 7.89. The molecule has 0 unspecified atom stereocenters. The predicted octanol–water partition coefficient (Wildman–Crippen LogP) is 5.52. The molecule has 0 fully saturated rings. The second-order valence-electron chi connectivity index (χ2n) is 10.3. The molecule has 2 aromatic carbocycles. The van der Waals surface area contributed by atoms with Gasteiger partial charge in [-0.15, -0.1) is 10.2 Å². The van der Waals surface area contributed by atoms with E-state index in [4.69, 9.17) is 9.15 Å². The van der Waals surface area contributed by atoms with E-state index >= 15 is 0 Å². The highest BCUT2D eigenvalue weighted by Crippen LogP contribution is 2.42. The number of rotatable bonds is 6. The van der Waals surface area contributed by atoms with Crippen molar-refractivity contribution in [1.29, 1.82) is 0 Å². The topological polar surface area (TPSA) is 138 Å². The molecule has 11 heteroatoms. The van der Waals surface area contributed by atoms with Crippen LogP contribution in [0.1, 0.15) is 65.0 Å². The Morgan fingerprint density at radius 1 is 1.13 bits per heavy atom. The summed E-state index contributed by atoms with van der Waals surface area (Å²) in [7, 11) is 0. The maximum Gasteiger partial charge on any atom is 0.412 e. The fourth-order valence-electron chi connectivity index (χ4n) is 4.67. The summed E-state index contributed by atoms with van der Waals surface area (Å²) in [6, 6.07) is 13.6. The largest absolute Gasteiger partial charge is 0.465 e. The number of amides is 3. The zero-order chi connectivity index (χ0) is 28.3. The van der Waals surface area contributed by atoms with E-state index in [0.29, 0.717) is 24.1 Å². The van der Waals surface area contributed by atoms with Crippen molar-refractivity contribution in [2.24, 2.45) is 0 Å². The fourth-order valence-corrected chi connectivity index (χ4v) is 4.67. The van der Waals surface area contributed by atoms with E-state index in [2.05, 4.69) is 15.5 Å². The third kappa shape index (κ3) is 6.19. The number of benzene rings is 2. The summed E-state index contributed by atoms with van der Waals surface area (Å²) in [4.78, 5) is 40.2. The summed E-state index contributed by atoms with van der Waals surface area (Å²) in [6.07, 6.45) is -0.879. The molecule has 2 atom stereocenters. The average molecular weight is 536 g/mol. The van der Waals surface area contributed by atoms with E-state index in [0.717, 1.165) is 11.3 Å². The van der Waals surface area contributed by atoms with Crippen LogP contribution in [0.2, 0.25) is 0 Å². The molecule has 2 N–H and O–H groups in total. The number of ether oxygens (including phenoxy) is 1. The standard InChI is InChI=1S/C28H33N5O6/c1-6-24(34)32-17(2)15-22(20-9-7-8-10-21(20)32)33(27(36)37)19-13-11-18(12-14-19)25-31-30-23(38-25)16-29-26(35)39-28(3,4)5/h7-14,17,22H,6,15-16H2,1-5H3,(H,29,35)(H,36,37)/t17-,22+/m0/s1. The van der Waals surface area contributed by atoms with Crippen LogP contribution < -0.4 is 15.1 Å². The minimum Gasteiger partial charge on any atom is -0.465 e. The monoisotopic (exact) mass is 535 g/mol. The number of alkyl carbamates (subject to hydrolysis) is 1. The van der Waals surface area contributed by atoms with Crippen molar-refractivity contribution in [3.05, 3.63) is 60.0 Å². The van der Waals surface area contributed by atoms with Gasteiger partial charge in [0, 0.05) is 29.4 Å². The van der Waals surface area contributed by atoms with Gasteiger partial charge in [-0.05, 0) is 70.0 Å². The third-order valence-corrected chi connectivity index (χ3v) is 6.29. The normalized spacial score (nSPS) is 16.8. The van der Waals surface area contributed by atoms with Crippen LogP contribution in [-0.2, 0) is 16.1 Å². The van der Waals surface area contributed by atoms with Crippen LogP contribution in [0.25, 0.3) is 11.5 Å². The Bertz CT molecular complexity index is 1350. The molecule has 4 rings (SSSR count). The van der Waals surface area contributed by atoms with Gasteiger partial charge >= 0.3 is 12.2 Å². The minimum atomic E-state index is -1.10. The number of hydrogen-bond acceptors (Lipinski definition) is 7. The lowest BCUT2D eigenvalue weighted by molar-refractivity contribution is -0.118. The van der Waals surface area contributed by atoms with Crippen LogP contribution >= 0.6 is 0 Å². The van der Waals surface area contributed by atoms with Gasteiger partial charge in [-0.25, -0.2) is 9.59 Å². The van der Waals surface area contributed by atoms with Crippen molar-refractivity contribution < 1.29 is 28.6 Å². The molecular formula is C28H33N5O6. The van der Waals surface area contributed by atoms with Gasteiger partial charge in [-0.2, -0.15) is 0 Å². The molecule has 3 aromatic rings. The number of fused-ring (bicyclic) bond motifs is 1. The van der Waals surface area contributed by atoms with E-state index in [-0.39, 0.29) is 30.3 Å². The number of nitrogens with zero attached hydrogens (tertiary/aromatic N) is 4. The van der Waals surface area contributed by atoms with Crippen LogP contribution in [0.5, 0.6) is 0 Å². The summed E-state index contributed by atoms with van der Waals surface area (Å²) in [5.41, 5.74) is 1.95. The molecule has 11 nitrogen and oxygen atoms in total. The van der Waals surface area contributed by atoms with Gasteiger partial charge in [0.15, 0.2) is 0 Å². The number of hydrogen-bond donors (Lipinski definition) is 2. The molecule has 0 bridgehead atoms. The lowest BCUT2D eigenvalue weighted by Crippen LogP contribution is -2.47. The van der Waals surface area contributed by atoms with Gasteiger partial charge in [0.1, 0.15) is 5.60 Å². The van der Waals surface area contributed by atoms with Crippen molar-refractivity contribution >= 4 is 29.5 Å². The number of para-hydroxylation sites is 1. The molecule has 0 saturated carbocycles. The molecule has 0 spiro atoms. The molecule has 1 aliphatic rings. The van der Waals surface area contributed by atoms with Crippen molar-refractivity contribution in [1.82, 2.24) is 15.5 Å². The van der Waals surface area contributed by atoms with Crippen LogP contribution in [0.4, 0.5) is 21.0 Å². The number of aromatic nitrogens is 2. The van der Waals surface area contributed by atoms with Crippen LogP contribution in [0.15, 0.2) is 52.9 Å². The first-order valence-electron chi connectivity index (χ1n) is 12.8. The predicted molar refractivity (Wildman–Crippen MR) is 144 cm³/mol. The maximum atomic E-state index is 12.7. The lowest BCUT2D eigenvalue weighted by Gasteiger charge is -2.42. The van der Waals surface area contributed by atoms with Crippen LogP contribution in [0.3, 0.4) is 0 Å². The van der Waals surface area contributed by atoms with Crippen LogP contribution in [0, 0.1) is 0 Å². The highest BCUT2D eigenvalue weighted by atomic mass is 16.6. The Morgan fingerprint density at radius 3 is 2.46 bits per heavy atom. The Morgan fingerprint density at radius 2 is 1.82 bits per heavy atom. The molecule has 0 saturated heterocycles. The number of carbonyl (C=O) groups is 3. The second kappa shape index (κ2) is 11.1. The van der Waals surface area contributed by atoms with Gasteiger partial charge < -0.3 is 24.5 Å². The second-order valence-corrected chi connectivity index (χ2v) is 10.3. The highest BCUT2D eigenvalue weighted by molar-refractivity contribution is 5.96. The summed E-state index contributed by atoms with van der Waals surface area (Å²) < 4.78 is 10.9. The van der Waals surface area contributed by atoms with Crippen molar-refractivity contribution in [2.75, 3.05) is 9.80 Å². The minimum absolute atomic E-state index is 0.000140. The third-order valence-electron chi connectivity index (χ3n) is 6.29. The molecule has 1 aliphatic heterocycles. The molecule has 206 valence electrons. The summed E-state index contributed by atoms with van der Waals surface area (Å²) in [5.74, 6) is 0.431. The first-order valence-corrected chi connectivity index (χ1v) is 12.8. The zero-order valence-corrected chi connectivity index (χ0v) is 22.7. The molecule has 0 aliphatic carbocycles. The van der Waals surface area contributed by atoms with Crippen LogP contribution in [-0.4, -0.2) is 45.0 Å². The van der Waals surface area contributed by atoms with Gasteiger partial charge in [0.2, 0.25) is 17.7 Å². The smallest absolute Gasteiger partial charge is 0.412 e. The summed E-state index contributed by atoms with van der Waals surface area (Å²) in [5, 5.41) is 20.8. The number of carboxylic acid groups (broad SMARTS) is 1. The van der Waals surface area contributed by atoms with E-state index in [1.165, 1.54) is 4.90 Å². The molecule has 2 heterocycles. The van der Waals surface area contributed by atoms with Gasteiger partial charge in [0.05, 0.1) is 12.6 Å². The zero-order valence-electron chi connectivity index (χ0n) is 22.7. The average Bonchev–Trinajstić information content (AvgIpc) is 3.36. The Balaban J connectivity index is 1.54. The molecule has 1 aromatic heterocycles. The fraction of sp³-hybridized carbons (Fsp3) is 0.393. The summed E-state index contributed by atoms with van der Waals surface area (Å²) in [6.45, 7) is 9.05. The van der Waals surface area contributed by atoms with Crippen molar-refractivity contribution in [3.8, 4) is 11.5 Å². The maximum absolute atomic E-state index is 12.7. The SMILES string of the molecule is CCC(=O)N1c2ccccc2[C@H](N(C(=O)O)c2ccc(-c3nnc(CNC(=O)OC(C)(C)C)o3)cc2)C[C@@H]1C. The number of nitrogens with one attached hydrogen (secondary N) is 1. The molecule has 39 heavy (non-hydrogen) atoms. The first-order chi connectivity index (χ1) is 18.5. The highest BCUT2D eigenvalue weighted by Gasteiger charge is 2.38. The number of carbonyl (C=O) groups excluding carboxylic acids is 2. The summed E-state index contributed by atoms with van der Waals surface area (Å²) >= 11 is 0.